The number of carbonyl (C=O) groups excluding carboxylic acids is 2. The predicted molar refractivity (Wildman–Crippen MR) is 215 cm³/mol. The molecule has 0 saturated carbocycles. The zero-order valence-corrected chi connectivity index (χ0v) is 33.1. The Bertz CT molecular complexity index is 2360. The Balaban J connectivity index is 0.769. The third kappa shape index (κ3) is 8.65. The van der Waals surface area contributed by atoms with Crippen LogP contribution in [0, 0.1) is 0 Å². The van der Waals surface area contributed by atoms with Crippen LogP contribution in [-0.4, -0.2) is 127 Å². The van der Waals surface area contributed by atoms with Gasteiger partial charge in [-0.3, -0.25) is 4.79 Å². The van der Waals surface area contributed by atoms with E-state index in [2.05, 4.69) is 15.6 Å². The van der Waals surface area contributed by atoms with Crippen molar-refractivity contribution >= 4 is 17.6 Å². The first kappa shape index (κ1) is 42.5. The number of hydrogen-bond donors (Lipinski definition) is 8. The summed E-state index contributed by atoms with van der Waals surface area (Å²) >= 11 is 0. The van der Waals surface area contributed by atoms with Crippen molar-refractivity contribution in [1.29, 1.82) is 0 Å². The van der Waals surface area contributed by atoms with Gasteiger partial charge >= 0.3 is 5.97 Å². The molecule has 8 rings (SSSR count). The molecule has 1 aromatic heterocycles. The molecule has 326 valence electrons. The largest absolute Gasteiger partial charge is 0.508 e. The number of carbonyl (C=O) groups is 2. The zero-order valence-electron chi connectivity index (χ0n) is 33.1. The number of benzene rings is 4. The van der Waals surface area contributed by atoms with E-state index in [9.17, 15) is 40.2 Å². The van der Waals surface area contributed by atoms with Crippen molar-refractivity contribution < 1.29 is 68.6 Å². The monoisotopic (exact) mass is 855 g/mol. The van der Waals surface area contributed by atoms with E-state index in [0.29, 0.717) is 66.6 Å². The van der Waals surface area contributed by atoms with Gasteiger partial charge in [0.2, 0.25) is 5.91 Å². The van der Waals surface area contributed by atoms with Crippen LogP contribution >= 0.6 is 0 Å². The van der Waals surface area contributed by atoms with E-state index in [1.165, 1.54) is 30.3 Å². The smallest absolute Gasteiger partial charge is 0.340 e. The van der Waals surface area contributed by atoms with Gasteiger partial charge in [-0.15, -0.1) is 5.10 Å². The average molecular weight is 856 g/mol. The van der Waals surface area contributed by atoms with Crippen LogP contribution in [0.4, 0.5) is 5.69 Å². The highest BCUT2D eigenvalue weighted by Gasteiger charge is 2.54. The van der Waals surface area contributed by atoms with Crippen LogP contribution in [0.1, 0.15) is 38.3 Å². The molecule has 4 heterocycles. The number of rotatable bonds is 16. The molecule has 5 aromatic rings. The number of fused-ring (bicyclic) bond motifs is 6. The number of anilines is 1. The number of hydrogen-bond acceptors (Lipinski definition) is 17. The van der Waals surface area contributed by atoms with E-state index in [-0.39, 0.29) is 41.6 Å². The highest BCUT2D eigenvalue weighted by Crippen LogP contribution is 2.57. The molecule has 3 aliphatic rings. The SMILES string of the molecule is NC(Cc1cn(CCOCCOc2ccc(CCO[C@@H]3O[C@H](CO)[C@@H](O)[C@H](O)[C@H]3O)cc2)nn1)C(=O)Nc1ccc2c(c1)C(=O)OC21c2ccc(O)cc2Oc2cc(O)ccc21. The summed E-state index contributed by atoms with van der Waals surface area (Å²) in [7, 11) is 0. The molecule has 19 nitrogen and oxygen atoms in total. The van der Waals surface area contributed by atoms with Crippen molar-refractivity contribution in [3.63, 3.8) is 0 Å². The molecule has 1 saturated heterocycles. The number of aliphatic hydroxyl groups excluding tert-OH is 4. The third-order valence-corrected chi connectivity index (χ3v) is 10.8. The van der Waals surface area contributed by atoms with Gasteiger partial charge in [-0.1, -0.05) is 23.4 Å². The maximum Gasteiger partial charge on any atom is 0.340 e. The highest BCUT2D eigenvalue weighted by molar-refractivity contribution is 6.00. The molecule has 1 spiro atoms. The predicted octanol–water partition coefficient (Wildman–Crippen LogP) is 1.22. The molecule has 3 aliphatic heterocycles. The first-order valence-corrected chi connectivity index (χ1v) is 19.8. The summed E-state index contributed by atoms with van der Waals surface area (Å²) < 4.78 is 36.0. The van der Waals surface area contributed by atoms with E-state index in [1.807, 2.05) is 12.1 Å². The molecule has 1 amide bonds. The van der Waals surface area contributed by atoms with Crippen molar-refractivity contribution in [3.05, 3.63) is 119 Å². The second-order valence-corrected chi connectivity index (χ2v) is 15.0. The Morgan fingerprint density at radius 2 is 1.58 bits per heavy atom. The Morgan fingerprint density at radius 3 is 2.29 bits per heavy atom. The van der Waals surface area contributed by atoms with Crippen LogP contribution < -0.4 is 20.5 Å². The summed E-state index contributed by atoms with van der Waals surface area (Å²) in [4.78, 5) is 26.6. The van der Waals surface area contributed by atoms with Crippen LogP contribution in [0.5, 0.6) is 28.7 Å². The summed E-state index contributed by atoms with van der Waals surface area (Å²) in [6.45, 7) is 0.963. The second-order valence-electron chi connectivity index (χ2n) is 15.0. The van der Waals surface area contributed by atoms with Crippen LogP contribution in [0.2, 0.25) is 0 Å². The summed E-state index contributed by atoms with van der Waals surface area (Å²) in [5.41, 5.74) is 8.23. The molecule has 1 unspecified atom stereocenters. The number of aromatic nitrogens is 3. The Morgan fingerprint density at radius 1 is 0.871 bits per heavy atom. The van der Waals surface area contributed by atoms with E-state index in [1.54, 1.807) is 47.3 Å². The molecular formula is C43H45N5O14. The molecule has 0 bridgehead atoms. The van der Waals surface area contributed by atoms with Crippen molar-refractivity contribution in [1.82, 2.24) is 15.0 Å². The maximum absolute atomic E-state index is 13.4. The molecule has 4 aromatic carbocycles. The first-order valence-electron chi connectivity index (χ1n) is 19.8. The molecule has 9 N–H and O–H groups in total. The summed E-state index contributed by atoms with van der Waals surface area (Å²) in [6, 6.07) is 20.1. The van der Waals surface area contributed by atoms with Crippen LogP contribution in [0.3, 0.4) is 0 Å². The molecular weight excluding hydrogens is 810 g/mol. The second kappa shape index (κ2) is 18.1. The summed E-state index contributed by atoms with van der Waals surface area (Å²) in [5.74, 6) is -0.113. The van der Waals surface area contributed by atoms with E-state index in [0.717, 1.165) is 5.56 Å². The van der Waals surface area contributed by atoms with E-state index in [4.69, 9.17) is 34.2 Å². The van der Waals surface area contributed by atoms with Crippen molar-refractivity contribution in [2.24, 2.45) is 5.73 Å². The fourth-order valence-corrected chi connectivity index (χ4v) is 7.61. The average Bonchev–Trinajstić information content (AvgIpc) is 3.83. The van der Waals surface area contributed by atoms with Crippen molar-refractivity contribution in [3.8, 4) is 28.7 Å². The molecule has 0 radical (unpaired) electrons. The first-order chi connectivity index (χ1) is 29.9. The number of phenolic OH excluding ortho intramolecular Hbond substituents is 2. The van der Waals surface area contributed by atoms with Gasteiger partial charge in [-0.25, -0.2) is 9.48 Å². The van der Waals surface area contributed by atoms with Gasteiger partial charge in [0.25, 0.3) is 0 Å². The zero-order chi connectivity index (χ0) is 43.5. The van der Waals surface area contributed by atoms with Gasteiger partial charge in [0, 0.05) is 47.1 Å². The lowest BCUT2D eigenvalue weighted by atomic mass is 9.77. The number of amides is 1. The third-order valence-electron chi connectivity index (χ3n) is 10.8. The number of phenols is 2. The minimum atomic E-state index is -1.50. The summed E-state index contributed by atoms with van der Waals surface area (Å²) in [5, 5.41) is 70.6. The molecule has 19 heteroatoms. The van der Waals surface area contributed by atoms with Crippen LogP contribution in [0.25, 0.3) is 0 Å². The molecule has 1 fully saturated rings. The number of nitrogens with zero attached hydrogens (tertiary/aromatic N) is 3. The molecule has 62 heavy (non-hydrogen) atoms. The van der Waals surface area contributed by atoms with E-state index >= 15 is 0 Å². The van der Waals surface area contributed by atoms with Gasteiger partial charge in [0.15, 0.2) is 11.9 Å². The minimum absolute atomic E-state index is 0.0553. The number of aromatic hydroxyl groups is 2. The number of esters is 1. The van der Waals surface area contributed by atoms with Crippen LogP contribution in [0.15, 0.2) is 85.1 Å². The van der Waals surface area contributed by atoms with Crippen molar-refractivity contribution in [2.45, 2.75) is 61.7 Å². The molecule has 0 aliphatic carbocycles. The quantitative estimate of drug-likeness (QED) is 0.0512. The fourth-order valence-electron chi connectivity index (χ4n) is 7.61. The Hall–Kier alpha value is -6.16. The minimum Gasteiger partial charge on any atom is -0.508 e. The molecule has 6 atom stereocenters. The Kier molecular flexibility index (Phi) is 12.4. The summed E-state index contributed by atoms with van der Waals surface area (Å²) in [6.07, 6.45) is -4.36. The number of ether oxygens (including phenoxy) is 6. The normalized spacial score (nSPS) is 21.3. The van der Waals surface area contributed by atoms with Gasteiger partial charge in [-0.05, 0) is 60.5 Å². The highest BCUT2D eigenvalue weighted by atomic mass is 16.7. The van der Waals surface area contributed by atoms with Gasteiger partial charge in [0.1, 0.15) is 59.8 Å². The standard InChI is InChI=1S/C43H45N5O14/c44-33(40(55)45-24-3-8-30-29(17-24)41(56)62-43(30)31-9-4-26(50)19-34(31)60-35-20-27(51)5-10-32(35)43)18-25-21-48(47-46-25)12-14-57-15-16-58-28-6-1-23(2-7-28)11-13-59-42-39(54)38(53)37(52)36(22-49)61-42/h1-10,17,19-21,33,36-39,42,49-54H,11-16,18,22,44H2,(H,45,55)/t33?,36-,37-,38+,39-,42-/m1/s1. The fraction of sp³-hybridized carbons (Fsp3) is 0.349. The van der Waals surface area contributed by atoms with Crippen LogP contribution in [-0.2, 0) is 48.7 Å². The van der Waals surface area contributed by atoms with E-state index < -0.39 is 60.8 Å². The van der Waals surface area contributed by atoms with Crippen molar-refractivity contribution in [2.75, 3.05) is 38.4 Å². The number of nitrogens with two attached hydrogens (primary N) is 1. The number of nitrogens with one attached hydrogen (secondary N) is 1. The lowest BCUT2D eigenvalue weighted by molar-refractivity contribution is -0.300. The maximum atomic E-state index is 13.4. The topological polar surface area (TPSA) is 280 Å². The Labute approximate surface area is 353 Å². The lowest BCUT2D eigenvalue weighted by Gasteiger charge is -2.39. The van der Waals surface area contributed by atoms with Gasteiger partial charge < -0.3 is 70.1 Å². The lowest BCUT2D eigenvalue weighted by Crippen LogP contribution is -2.59. The van der Waals surface area contributed by atoms with Gasteiger partial charge in [0.05, 0.1) is 50.3 Å². The number of aliphatic hydroxyl groups is 4. The van der Waals surface area contributed by atoms with Gasteiger partial charge in [-0.2, -0.15) is 0 Å².